The minimum Gasteiger partial charge on any atom is -0.498 e. The molecule has 1 aliphatic carbocycles. The van der Waals surface area contributed by atoms with Gasteiger partial charge in [0, 0.05) is 6.42 Å². The van der Waals surface area contributed by atoms with Crippen LogP contribution in [0.2, 0.25) is 0 Å². The summed E-state index contributed by atoms with van der Waals surface area (Å²) in [6, 6.07) is 0. The quantitative estimate of drug-likeness (QED) is 0.550. The first-order valence-corrected chi connectivity index (χ1v) is 5.36. The highest BCUT2D eigenvalue weighted by Gasteiger charge is 2.45. The number of esters is 1. The zero-order valence-corrected chi connectivity index (χ0v) is 8.02. The van der Waals surface area contributed by atoms with Crippen molar-refractivity contribution in [2.75, 3.05) is 0 Å². The Morgan fingerprint density at radius 1 is 1.29 bits per heavy atom. The molecule has 0 bridgehead atoms. The van der Waals surface area contributed by atoms with Crippen molar-refractivity contribution >= 4 is 5.97 Å². The summed E-state index contributed by atoms with van der Waals surface area (Å²) in [7, 11) is 0. The first-order chi connectivity index (χ1) is 6.84. The molecular weight excluding hydrogens is 180 g/mol. The Bertz CT molecular complexity index is 284. The van der Waals surface area contributed by atoms with Crippen molar-refractivity contribution < 1.29 is 14.3 Å². The van der Waals surface area contributed by atoms with E-state index in [-0.39, 0.29) is 18.2 Å². The van der Waals surface area contributed by atoms with Crippen LogP contribution >= 0.6 is 0 Å². The van der Waals surface area contributed by atoms with Crippen molar-refractivity contribution in [1.82, 2.24) is 0 Å². The lowest BCUT2D eigenvalue weighted by atomic mass is 9.74. The van der Waals surface area contributed by atoms with Crippen LogP contribution in [0.1, 0.15) is 25.7 Å². The molecule has 0 aromatic rings. The molecule has 3 heteroatoms. The molecule has 4 atom stereocenters. The van der Waals surface area contributed by atoms with Gasteiger partial charge in [-0.25, -0.2) is 0 Å². The second-order valence-corrected chi connectivity index (χ2v) is 4.41. The maximum absolute atomic E-state index is 11.2. The molecule has 0 aromatic heterocycles. The molecule has 2 fully saturated rings. The molecule has 3 nitrogen and oxygen atoms in total. The molecule has 0 N–H and O–H groups in total. The third-order valence-electron chi connectivity index (χ3n) is 3.64. The van der Waals surface area contributed by atoms with E-state index in [1.807, 2.05) is 0 Å². The van der Waals surface area contributed by atoms with E-state index in [1.54, 1.807) is 6.26 Å². The summed E-state index contributed by atoms with van der Waals surface area (Å²) in [5.41, 5.74) is 0. The summed E-state index contributed by atoms with van der Waals surface area (Å²) in [5, 5.41) is 0. The van der Waals surface area contributed by atoms with Crippen LogP contribution < -0.4 is 0 Å². The van der Waals surface area contributed by atoms with Gasteiger partial charge in [0.15, 0.2) is 0 Å². The highest BCUT2D eigenvalue weighted by atomic mass is 16.6. The highest BCUT2D eigenvalue weighted by molar-refractivity contribution is 5.70. The number of hydrogen-bond acceptors (Lipinski definition) is 3. The van der Waals surface area contributed by atoms with Crippen molar-refractivity contribution in [3.8, 4) is 0 Å². The molecule has 1 saturated carbocycles. The standard InChI is InChI=1S/C11H14O3/c12-10-4-2-7-1-3-9-8(5-6-13-9)11(7)14-10/h5-9,11H,1-4H2. The van der Waals surface area contributed by atoms with Gasteiger partial charge in [0.2, 0.25) is 0 Å². The van der Waals surface area contributed by atoms with Gasteiger partial charge >= 0.3 is 5.97 Å². The van der Waals surface area contributed by atoms with E-state index in [0.717, 1.165) is 19.3 Å². The van der Waals surface area contributed by atoms with Gasteiger partial charge in [0.25, 0.3) is 0 Å². The number of hydrogen-bond donors (Lipinski definition) is 0. The maximum Gasteiger partial charge on any atom is 0.306 e. The second-order valence-electron chi connectivity index (χ2n) is 4.41. The Morgan fingerprint density at radius 3 is 3.14 bits per heavy atom. The topological polar surface area (TPSA) is 35.5 Å². The van der Waals surface area contributed by atoms with Gasteiger partial charge < -0.3 is 9.47 Å². The average Bonchev–Trinajstić information content (AvgIpc) is 2.65. The van der Waals surface area contributed by atoms with Crippen LogP contribution in [0.5, 0.6) is 0 Å². The van der Waals surface area contributed by atoms with Crippen LogP contribution in [-0.4, -0.2) is 18.2 Å². The fourth-order valence-electron chi connectivity index (χ4n) is 2.89. The third kappa shape index (κ3) is 1.15. The molecular formula is C11H14O3. The Labute approximate surface area is 83.1 Å². The van der Waals surface area contributed by atoms with Crippen molar-refractivity contribution in [2.45, 2.75) is 37.9 Å². The first kappa shape index (κ1) is 8.33. The van der Waals surface area contributed by atoms with Crippen LogP contribution in [0.15, 0.2) is 12.3 Å². The van der Waals surface area contributed by atoms with Gasteiger partial charge in [0.05, 0.1) is 12.2 Å². The number of carbonyl (C=O) groups excluding carboxylic acids is 1. The summed E-state index contributed by atoms with van der Waals surface area (Å²) in [6.07, 6.45) is 8.03. The number of fused-ring (bicyclic) bond motifs is 3. The summed E-state index contributed by atoms with van der Waals surface area (Å²) < 4.78 is 10.9. The van der Waals surface area contributed by atoms with Crippen LogP contribution in [-0.2, 0) is 14.3 Å². The minimum atomic E-state index is -0.0350. The van der Waals surface area contributed by atoms with Crippen molar-refractivity contribution in [3.63, 3.8) is 0 Å². The van der Waals surface area contributed by atoms with Crippen LogP contribution in [0, 0.1) is 11.8 Å². The highest BCUT2D eigenvalue weighted by Crippen LogP contribution is 2.41. The Balaban J connectivity index is 1.82. The monoisotopic (exact) mass is 194 g/mol. The summed E-state index contributed by atoms with van der Waals surface area (Å²) in [5.74, 6) is 0.852. The van der Waals surface area contributed by atoms with Crippen LogP contribution in [0.3, 0.4) is 0 Å². The summed E-state index contributed by atoms with van der Waals surface area (Å²) in [4.78, 5) is 11.2. The fourth-order valence-corrected chi connectivity index (χ4v) is 2.89. The Morgan fingerprint density at radius 2 is 2.21 bits per heavy atom. The van der Waals surface area contributed by atoms with E-state index in [1.165, 1.54) is 0 Å². The Hall–Kier alpha value is -0.990. The zero-order chi connectivity index (χ0) is 9.54. The molecule has 3 aliphatic rings. The van der Waals surface area contributed by atoms with E-state index in [9.17, 15) is 4.79 Å². The molecule has 76 valence electrons. The molecule has 4 unspecified atom stereocenters. The van der Waals surface area contributed by atoms with Gasteiger partial charge in [-0.3, -0.25) is 4.79 Å². The molecule has 2 aliphatic heterocycles. The van der Waals surface area contributed by atoms with E-state index in [4.69, 9.17) is 9.47 Å². The maximum atomic E-state index is 11.2. The van der Waals surface area contributed by atoms with E-state index >= 15 is 0 Å². The smallest absolute Gasteiger partial charge is 0.306 e. The van der Waals surface area contributed by atoms with Crippen molar-refractivity contribution in [2.24, 2.45) is 11.8 Å². The van der Waals surface area contributed by atoms with Gasteiger partial charge in [-0.1, -0.05) is 0 Å². The molecule has 0 spiro atoms. The van der Waals surface area contributed by atoms with Crippen LogP contribution in [0.4, 0.5) is 0 Å². The average molecular weight is 194 g/mol. The summed E-state index contributed by atoms with van der Waals surface area (Å²) >= 11 is 0. The number of ether oxygens (including phenoxy) is 2. The van der Waals surface area contributed by atoms with Crippen molar-refractivity contribution in [1.29, 1.82) is 0 Å². The lowest BCUT2D eigenvalue weighted by Gasteiger charge is -2.40. The SMILES string of the molecule is O=C1CCC2CCC3OC=CC3C2O1. The fraction of sp³-hybridized carbons (Fsp3) is 0.727. The normalized spacial score (nSPS) is 45.0. The lowest BCUT2D eigenvalue weighted by Crippen LogP contribution is -2.45. The predicted molar refractivity (Wildman–Crippen MR) is 49.3 cm³/mol. The van der Waals surface area contributed by atoms with Gasteiger partial charge in [0.1, 0.15) is 12.2 Å². The van der Waals surface area contributed by atoms with E-state index in [0.29, 0.717) is 18.3 Å². The number of carbonyl (C=O) groups is 1. The van der Waals surface area contributed by atoms with E-state index < -0.39 is 0 Å². The molecule has 1 saturated heterocycles. The van der Waals surface area contributed by atoms with Crippen LogP contribution in [0.25, 0.3) is 0 Å². The van der Waals surface area contributed by atoms with Crippen molar-refractivity contribution in [3.05, 3.63) is 12.3 Å². The molecule has 0 amide bonds. The lowest BCUT2D eigenvalue weighted by molar-refractivity contribution is -0.167. The molecule has 0 aromatic carbocycles. The van der Waals surface area contributed by atoms with Gasteiger partial charge in [-0.15, -0.1) is 0 Å². The third-order valence-corrected chi connectivity index (χ3v) is 3.64. The molecule has 3 rings (SSSR count). The zero-order valence-electron chi connectivity index (χ0n) is 8.02. The first-order valence-electron chi connectivity index (χ1n) is 5.36. The molecule has 2 heterocycles. The molecule has 14 heavy (non-hydrogen) atoms. The van der Waals surface area contributed by atoms with Gasteiger partial charge in [-0.2, -0.15) is 0 Å². The second kappa shape index (κ2) is 3.01. The molecule has 0 radical (unpaired) electrons. The van der Waals surface area contributed by atoms with Gasteiger partial charge in [-0.05, 0) is 31.3 Å². The largest absolute Gasteiger partial charge is 0.498 e. The minimum absolute atomic E-state index is 0.0350. The number of rotatable bonds is 0. The van der Waals surface area contributed by atoms with E-state index in [2.05, 4.69) is 6.08 Å². The predicted octanol–water partition coefficient (Wildman–Crippen LogP) is 1.63. The summed E-state index contributed by atoms with van der Waals surface area (Å²) in [6.45, 7) is 0. The Kier molecular flexibility index (Phi) is 1.79.